The van der Waals surface area contributed by atoms with Gasteiger partial charge in [-0.3, -0.25) is 4.90 Å². The largest absolute Gasteiger partial charge is 0.492 e. The molecule has 0 aliphatic carbocycles. The van der Waals surface area contributed by atoms with Gasteiger partial charge in [-0.25, -0.2) is 0 Å². The summed E-state index contributed by atoms with van der Waals surface area (Å²) in [6.45, 7) is 5.27. The fourth-order valence-electron chi connectivity index (χ4n) is 2.37. The number of rotatable bonds is 4. The minimum atomic E-state index is 0.702. The molecule has 1 saturated heterocycles. The van der Waals surface area contributed by atoms with E-state index in [1.807, 2.05) is 24.3 Å². The van der Waals surface area contributed by atoms with Gasteiger partial charge in [-0.05, 0) is 38.4 Å². The van der Waals surface area contributed by atoms with Crippen molar-refractivity contribution >= 4 is 5.69 Å². The molecular weight excluding hydrogens is 212 g/mol. The van der Waals surface area contributed by atoms with Crippen molar-refractivity contribution in [2.45, 2.75) is 32.2 Å². The zero-order valence-corrected chi connectivity index (χ0v) is 10.6. The van der Waals surface area contributed by atoms with Crippen molar-refractivity contribution in [3.05, 3.63) is 24.3 Å². The average molecular weight is 234 g/mol. The SMILES string of the molecule is CC1CCCCN1CCOc1cccc(N)c1. The van der Waals surface area contributed by atoms with E-state index in [4.69, 9.17) is 10.5 Å². The predicted octanol–water partition coefficient (Wildman–Crippen LogP) is 2.52. The van der Waals surface area contributed by atoms with Gasteiger partial charge < -0.3 is 10.5 Å². The van der Waals surface area contributed by atoms with Crippen molar-refractivity contribution in [2.75, 3.05) is 25.4 Å². The summed E-state index contributed by atoms with van der Waals surface area (Å²) in [4.78, 5) is 2.51. The minimum absolute atomic E-state index is 0.702. The highest BCUT2D eigenvalue weighted by Crippen LogP contribution is 2.17. The van der Waals surface area contributed by atoms with Crippen molar-refractivity contribution in [1.29, 1.82) is 0 Å². The fourth-order valence-corrected chi connectivity index (χ4v) is 2.37. The fraction of sp³-hybridized carbons (Fsp3) is 0.571. The van der Waals surface area contributed by atoms with Crippen LogP contribution in [-0.2, 0) is 0 Å². The van der Waals surface area contributed by atoms with Gasteiger partial charge in [0.25, 0.3) is 0 Å². The lowest BCUT2D eigenvalue weighted by molar-refractivity contribution is 0.133. The van der Waals surface area contributed by atoms with E-state index in [2.05, 4.69) is 11.8 Å². The molecular formula is C14H22N2O. The molecule has 1 aliphatic rings. The first kappa shape index (κ1) is 12.2. The second-order valence-electron chi connectivity index (χ2n) is 4.80. The Balaban J connectivity index is 1.75. The molecule has 1 aromatic rings. The number of ether oxygens (including phenoxy) is 1. The Morgan fingerprint density at radius 3 is 3.06 bits per heavy atom. The van der Waals surface area contributed by atoms with Gasteiger partial charge in [0.05, 0.1) is 0 Å². The molecule has 0 aromatic heterocycles. The highest BCUT2D eigenvalue weighted by molar-refractivity contribution is 5.43. The summed E-state index contributed by atoms with van der Waals surface area (Å²) >= 11 is 0. The maximum atomic E-state index is 5.72. The van der Waals surface area contributed by atoms with Crippen LogP contribution in [0.15, 0.2) is 24.3 Å². The number of benzene rings is 1. The molecule has 1 aliphatic heterocycles. The van der Waals surface area contributed by atoms with E-state index in [1.165, 1.54) is 25.8 Å². The van der Waals surface area contributed by atoms with Crippen LogP contribution in [0.5, 0.6) is 5.75 Å². The first-order chi connectivity index (χ1) is 8.25. The van der Waals surface area contributed by atoms with Gasteiger partial charge in [0.15, 0.2) is 0 Å². The topological polar surface area (TPSA) is 38.5 Å². The van der Waals surface area contributed by atoms with Gasteiger partial charge in [-0.2, -0.15) is 0 Å². The quantitative estimate of drug-likeness (QED) is 0.814. The summed E-state index contributed by atoms with van der Waals surface area (Å²) in [6.07, 6.45) is 4.01. The molecule has 0 spiro atoms. The molecule has 3 heteroatoms. The lowest BCUT2D eigenvalue weighted by Gasteiger charge is -2.33. The third-order valence-electron chi connectivity index (χ3n) is 3.45. The molecule has 0 amide bonds. The third kappa shape index (κ3) is 3.63. The van der Waals surface area contributed by atoms with Crippen molar-refractivity contribution in [3.63, 3.8) is 0 Å². The highest BCUT2D eigenvalue weighted by atomic mass is 16.5. The Kier molecular flexibility index (Phi) is 4.26. The van der Waals surface area contributed by atoms with Crippen molar-refractivity contribution in [1.82, 2.24) is 4.90 Å². The number of likely N-dealkylation sites (tertiary alicyclic amines) is 1. The number of anilines is 1. The molecule has 0 saturated carbocycles. The molecule has 17 heavy (non-hydrogen) atoms. The number of hydrogen-bond donors (Lipinski definition) is 1. The van der Waals surface area contributed by atoms with E-state index in [9.17, 15) is 0 Å². The van der Waals surface area contributed by atoms with E-state index >= 15 is 0 Å². The lowest BCUT2D eigenvalue weighted by Crippen LogP contribution is -2.39. The Hall–Kier alpha value is -1.22. The zero-order chi connectivity index (χ0) is 12.1. The summed E-state index contributed by atoms with van der Waals surface area (Å²) in [7, 11) is 0. The van der Waals surface area contributed by atoms with E-state index < -0.39 is 0 Å². The number of hydrogen-bond acceptors (Lipinski definition) is 3. The van der Waals surface area contributed by atoms with Crippen molar-refractivity contribution in [2.24, 2.45) is 0 Å². The average Bonchev–Trinajstić information content (AvgIpc) is 2.32. The molecule has 1 atom stereocenters. The molecule has 1 aromatic carbocycles. The predicted molar refractivity (Wildman–Crippen MR) is 71.2 cm³/mol. The minimum Gasteiger partial charge on any atom is -0.492 e. The van der Waals surface area contributed by atoms with Crippen LogP contribution in [0.2, 0.25) is 0 Å². The van der Waals surface area contributed by atoms with Gasteiger partial charge in [0.2, 0.25) is 0 Å². The Morgan fingerprint density at radius 2 is 2.29 bits per heavy atom. The molecule has 1 heterocycles. The maximum Gasteiger partial charge on any atom is 0.121 e. The number of nitrogens with two attached hydrogens (primary N) is 1. The summed E-state index contributed by atoms with van der Waals surface area (Å²) in [5.41, 5.74) is 6.46. The maximum absolute atomic E-state index is 5.72. The van der Waals surface area contributed by atoms with E-state index in [0.717, 1.165) is 24.6 Å². The molecule has 94 valence electrons. The standard InChI is InChI=1S/C14H22N2O/c1-12-5-2-3-8-16(12)9-10-17-14-7-4-6-13(15)11-14/h4,6-7,11-12H,2-3,5,8-10,15H2,1H3. The van der Waals surface area contributed by atoms with Gasteiger partial charge >= 0.3 is 0 Å². The van der Waals surface area contributed by atoms with Crippen LogP contribution in [0.25, 0.3) is 0 Å². The van der Waals surface area contributed by atoms with Crippen LogP contribution in [0, 0.1) is 0 Å². The smallest absolute Gasteiger partial charge is 0.121 e. The summed E-state index contributed by atoms with van der Waals surface area (Å²) < 4.78 is 5.72. The Bertz CT molecular complexity index is 354. The van der Waals surface area contributed by atoms with Gasteiger partial charge in [0, 0.05) is 24.3 Å². The summed E-state index contributed by atoms with van der Waals surface area (Å²) in [5.74, 6) is 0.870. The highest BCUT2D eigenvalue weighted by Gasteiger charge is 2.17. The zero-order valence-electron chi connectivity index (χ0n) is 10.6. The summed E-state index contributed by atoms with van der Waals surface area (Å²) in [5, 5.41) is 0. The van der Waals surface area contributed by atoms with Gasteiger partial charge in [0.1, 0.15) is 12.4 Å². The van der Waals surface area contributed by atoms with E-state index in [-0.39, 0.29) is 0 Å². The number of nitrogen functional groups attached to an aromatic ring is 1. The molecule has 1 unspecified atom stereocenters. The van der Waals surface area contributed by atoms with Crippen LogP contribution in [-0.4, -0.2) is 30.6 Å². The molecule has 3 nitrogen and oxygen atoms in total. The van der Waals surface area contributed by atoms with Gasteiger partial charge in [-0.15, -0.1) is 0 Å². The first-order valence-corrected chi connectivity index (χ1v) is 6.48. The third-order valence-corrected chi connectivity index (χ3v) is 3.45. The second-order valence-corrected chi connectivity index (χ2v) is 4.80. The van der Waals surface area contributed by atoms with Crippen molar-refractivity contribution < 1.29 is 4.74 Å². The molecule has 0 radical (unpaired) electrons. The number of piperidine rings is 1. The van der Waals surface area contributed by atoms with Crippen LogP contribution in [0.4, 0.5) is 5.69 Å². The van der Waals surface area contributed by atoms with E-state index in [0.29, 0.717) is 6.04 Å². The molecule has 1 fully saturated rings. The van der Waals surface area contributed by atoms with Crippen LogP contribution in [0.3, 0.4) is 0 Å². The second kappa shape index (κ2) is 5.92. The first-order valence-electron chi connectivity index (χ1n) is 6.48. The van der Waals surface area contributed by atoms with Gasteiger partial charge in [-0.1, -0.05) is 12.5 Å². The Labute approximate surface area is 104 Å². The summed E-state index contributed by atoms with van der Waals surface area (Å²) in [6, 6.07) is 8.33. The number of nitrogens with zero attached hydrogens (tertiary/aromatic N) is 1. The van der Waals surface area contributed by atoms with Crippen molar-refractivity contribution in [3.8, 4) is 5.75 Å². The van der Waals surface area contributed by atoms with Crippen LogP contribution in [0.1, 0.15) is 26.2 Å². The normalized spacial score (nSPS) is 21.4. The van der Waals surface area contributed by atoms with E-state index in [1.54, 1.807) is 0 Å². The molecule has 0 bridgehead atoms. The monoisotopic (exact) mass is 234 g/mol. The van der Waals surface area contributed by atoms with Crippen LogP contribution < -0.4 is 10.5 Å². The molecule has 2 N–H and O–H groups in total. The Morgan fingerprint density at radius 1 is 1.41 bits per heavy atom. The molecule has 2 rings (SSSR count). The lowest BCUT2D eigenvalue weighted by atomic mass is 10.0. The van der Waals surface area contributed by atoms with Crippen LogP contribution >= 0.6 is 0 Å².